The van der Waals surface area contributed by atoms with Gasteiger partial charge >= 0.3 is 0 Å². The Morgan fingerprint density at radius 2 is 1.92 bits per heavy atom. The average molecular weight is 440 g/mol. The normalized spacial score (nSPS) is 16.5. The maximum Gasteiger partial charge on any atom is 0.293 e. The Bertz CT molecular complexity index is 882. The van der Waals surface area contributed by atoms with E-state index in [1.807, 2.05) is 0 Å². The van der Waals surface area contributed by atoms with Crippen molar-refractivity contribution >= 4 is 86.7 Å². The number of aromatic nitrogens is 1. The summed E-state index contributed by atoms with van der Waals surface area (Å²) >= 11 is 25.6. The molecule has 2 aromatic rings. The minimum Gasteiger partial charge on any atom is -0.268 e. The van der Waals surface area contributed by atoms with Gasteiger partial charge in [0.2, 0.25) is 0 Å². The lowest BCUT2D eigenvalue weighted by Crippen LogP contribution is -2.27. The summed E-state index contributed by atoms with van der Waals surface area (Å²) in [5.41, 5.74) is 0.628. The number of thioether (sulfide) groups is 1. The van der Waals surface area contributed by atoms with Crippen LogP contribution in [-0.2, 0) is 11.3 Å². The number of rotatable bonds is 3. The summed E-state index contributed by atoms with van der Waals surface area (Å²) in [6.07, 6.45) is 1.51. The van der Waals surface area contributed by atoms with Crippen LogP contribution < -0.4 is 0 Å². The van der Waals surface area contributed by atoms with Gasteiger partial charge in [-0.15, -0.1) is 11.3 Å². The largest absolute Gasteiger partial charge is 0.293 e. The van der Waals surface area contributed by atoms with Crippen LogP contribution in [0.5, 0.6) is 0 Å². The highest BCUT2D eigenvalue weighted by Gasteiger charge is 2.35. The molecule has 0 unspecified atom stereocenters. The van der Waals surface area contributed by atoms with Gasteiger partial charge in [0.1, 0.15) is 5.15 Å². The van der Waals surface area contributed by atoms with Crippen molar-refractivity contribution in [3.05, 3.63) is 53.2 Å². The maximum atomic E-state index is 12.5. The van der Waals surface area contributed by atoms with Gasteiger partial charge in [0.25, 0.3) is 11.1 Å². The quantitative estimate of drug-likeness (QED) is 0.550. The summed E-state index contributed by atoms with van der Waals surface area (Å²) < 4.78 is 0.262. The minimum atomic E-state index is -0.420. The standard InChI is InChI=1S/C14H6Cl4N2O2S2/c15-7-2-1-6(8(16)3-7)5-20-12(21)10(24-14(20)22)4-9-11(17)19-13(18)23-9/h1-4H,5H2/b10-4+. The Kier molecular flexibility index (Phi) is 5.44. The van der Waals surface area contributed by atoms with Crippen molar-refractivity contribution in [2.24, 2.45) is 0 Å². The van der Waals surface area contributed by atoms with Gasteiger partial charge in [0.15, 0.2) is 4.47 Å². The summed E-state index contributed by atoms with van der Waals surface area (Å²) in [7, 11) is 0. The van der Waals surface area contributed by atoms with Gasteiger partial charge in [-0.1, -0.05) is 52.5 Å². The third-order valence-electron chi connectivity index (χ3n) is 3.06. The summed E-state index contributed by atoms with van der Waals surface area (Å²) in [5, 5.41) is 0.679. The highest BCUT2D eigenvalue weighted by molar-refractivity contribution is 8.18. The molecule has 0 spiro atoms. The number of carbonyl (C=O) groups is 2. The van der Waals surface area contributed by atoms with Crippen LogP contribution >= 0.6 is 69.5 Å². The van der Waals surface area contributed by atoms with Gasteiger partial charge in [0, 0.05) is 10.0 Å². The molecule has 1 saturated heterocycles. The van der Waals surface area contributed by atoms with E-state index in [0.29, 0.717) is 20.5 Å². The number of amides is 2. The van der Waals surface area contributed by atoms with Crippen LogP contribution in [-0.4, -0.2) is 21.0 Å². The highest BCUT2D eigenvalue weighted by atomic mass is 35.5. The highest BCUT2D eigenvalue weighted by Crippen LogP contribution is 2.37. The van der Waals surface area contributed by atoms with Crippen molar-refractivity contribution in [2.45, 2.75) is 6.54 Å². The van der Waals surface area contributed by atoms with Gasteiger partial charge in [-0.3, -0.25) is 14.5 Å². The molecule has 1 aliphatic heterocycles. The van der Waals surface area contributed by atoms with Crippen LogP contribution in [0.3, 0.4) is 0 Å². The van der Waals surface area contributed by atoms with E-state index in [1.54, 1.807) is 18.2 Å². The van der Waals surface area contributed by atoms with Gasteiger partial charge in [0.05, 0.1) is 16.3 Å². The molecule has 1 aliphatic rings. The van der Waals surface area contributed by atoms with Crippen LogP contribution in [0, 0.1) is 0 Å². The first-order chi connectivity index (χ1) is 11.3. The van der Waals surface area contributed by atoms with Crippen LogP contribution in [0.1, 0.15) is 10.4 Å². The maximum absolute atomic E-state index is 12.5. The van der Waals surface area contributed by atoms with Crippen molar-refractivity contribution < 1.29 is 9.59 Å². The molecule has 10 heteroatoms. The van der Waals surface area contributed by atoms with Crippen LogP contribution in [0.2, 0.25) is 19.7 Å². The Balaban J connectivity index is 1.85. The predicted octanol–water partition coefficient (Wildman–Crippen LogP) is 5.99. The first-order valence-electron chi connectivity index (χ1n) is 6.36. The lowest BCUT2D eigenvalue weighted by atomic mass is 10.2. The number of thiazole rings is 1. The van der Waals surface area contributed by atoms with Crippen LogP contribution in [0.25, 0.3) is 6.08 Å². The Hall–Kier alpha value is -0.760. The molecule has 0 radical (unpaired) electrons. The molecule has 1 aromatic carbocycles. The van der Waals surface area contributed by atoms with E-state index in [-0.39, 0.29) is 26.3 Å². The zero-order valence-electron chi connectivity index (χ0n) is 11.6. The fourth-order valence-electron chi connectivity index (χ4n) is 1.95. The lowest BCUT2D eigenvalue weighted by molar-refractivity contribution is -0.123. The first kappa shape index (κ1) is 18.0. The van der Waals surface area contributed by atoms with E-state index in [1.165, 1.54) is 6.08 Å². The molecule has 0 aliphatic carbocycles. The van der Waals surface area contributed by atoms with Crippen LogP contribution in [0.4, 0.5) is 4.79 Å². The second-order valence-electron chi connectivity index (χ2n) is 4.63. The molecule has 4 nitrogen and oxygen atoms in total. The van der Waals surface area contributed by atoms with Gasteiger partial charge in [-0.05, 0) is 35.5 Å². The molecule has 24 heavy (non-hydrogen) atoms. The number of imide groups is 1. The SMILES string of the molecule is O=C1S/C(=C/c2sc(Cl)nc2Cl)C(=O)N1Cc1ccc(Cl)cc1Cl. The molecule has 0 bridgehead atoms. The summed E-state index contributed by atoms with van der Waals surface area (Å²) in [5.74, 6) is -0.420. The number of benzene rings is 1. The summed E-state index contributed by atoms with van der Waals surface area (Å²) in [4.78, 5) is 30.4. The van der Waals surface area contributed by atoms with Crippen LogP contribution in [0.15, 0.2) is 23.1 Å². The fraction of sp³-hybridized carbons (Fsp3) is 0.0714. The molecule has 0 N–H and O–H groups in total. The molecule has 2 heterocycles. The van der Waals surface area contributed by atoms with Crippen molar-refractivity contribution in [3.8, 4) is 0 Å². The number of nitrogens with zero attached hydrogens (tertiary/aromatic N) is 2. The van der Waals surface area contributed by atoms with Crippen molar-refractivity contribution in [1.29, 1.82) is 0 Å². The monoisotopic (exact) mass is 438 g/mol. The van der Waals surface area contributed by atoms with Crippen molar-refractivity contribution in [3.63, 3.8) is 0 Å². The summed E-state index contributed by atoms with van der Waals surface area (Å²) in [6.45, 7) is 0.0647. The van der Waals surface area contributed by atoms with Gasteiger partial charge in [-0.2, -0.15) is 0 Å². The average Bonchev–Trinajstić information content (AvgIpc) is 2.95. The molecule has 124 valence electrons. The third-order valence-corrected chi connectivity index (χ3v) is 6.06. The van der Waals surface area contributed by atoms with E-state index >= 15 is 0 Å². The van der Waals surface area contributed by atoms with Crippen molar-refractivity contribution in [1.82, 2.24) is 9.88 Å². The third kappa shape index (κ3) is 3.74. The van der Waals surface area contributed by atoms with E-state index in [0.717, 1.165) is 28.0 Å². The molecule has 0 atom stereocenters. The second-order valence-corrected chi connectivity index (χ2v) is 8.43. The molecule has 2 amide bonds. The van der Waals surface area contributed by atoms with E-state index in [2.05, 4.69) is 4.98 Å². The number of halogens is 4. The Morgan fingerprint density at radius 3 is 2.54 bits per heavy atom. The Labute approximate surface area is 165 Å². The number of carbonyl (C=O) groups excluding carboxylic acids is 2. The number of hydrogen-bond acceptors (Lipinski definition) is 5. The summed E-state index contributed by atoms with van der Waals surface area (Å²) in [6, 6.07) is 4.89. The van der Waals surface area contributed by atoms with E-state index < -0.39 is 5.91 Å². The topological polar surface area (TPSA) is 50.3 Å². The zero-order valence-corrected chi connectivity index (χ0v) is 16.2. The second kappa shape index (κ2) is 7.23. The molecule has 1 fully saturated rings. The predicted molar refractivity (Wildman–Crippen MR) is 100 cm³/mol. The van der Waals surface area contributed by atoms with E-state index in [9.17, 15) is 9.59 Å². The van der Waals surface area contributed by atoms with Gasteiger partial charge in [-0.25, -0.2) is 4.98 Å². The molecule has 0 saturated carbocycles. The first-order valence-corrected chi connectivity index (χ1v) is 9.51. The fourth-order valence-corrected chi connectivity index (χ4v) is 4.62. The van der Waals surface area contributed by atoms with E-state index in [4.69, 9.17) is 46.4 Å². The zero-order chi connectivity index (χ0) is 17.4. The molecule has 1 aromatic heterocycles. The smallest absolute Gasteiger partial charge is 0.268 e. The van der Waals surface area contributed by atoms with Gasteiger partial charge < -0.3 is 0 Å². The number of hydrogen-bond donors (Lipinski definition) is 0. The molecular formula is C14H6Cl4N2O2S2. The molecular weight excluding hydrogens is 434 g/mol. The molecule has 3 rings (SSSR count). The van der Waals surface area contributed by atoms with Crippen molar-refractivity contribution in [2.75, 3.05) is 0 Å². The lowest BCUT2D eigenvalue weighted by Gasteiger charge is -2.13. The minimum absolute atomic E-state index is 0.0647. The Morgan fingerprint density at radius 1 is 1.17 bits per heavy atom.